The summed E-state index contributed by atoms with van der Waals surface area (Å²) in [5.74, 6) is 1.43. The molecule has 1 aromatic heterocycles. The van der Waals surface area contributed by atoms with Crippen molar-refractivity contribution in [2.45, 2.75) is 5.88 Å². The van der Waals surface area contributed by atoms with Gasteiger partial charge in [-0.15, -0.1) is 11.6 Å². The third-order valence-electron chi connectivity index (χ3n) is 2.33. The first-order valence-corrected chi connectivity index (χ1v) is 5.38. The molecule has 2 rings (SSSR count). The van der Waals surface area contributed by atoms with Crippen LogP contribution in [0.5, 0.6) is 0 Å². The van der Waals surface area contributed by atoms with Crippen LogP contribution in [0.2, 0.25) is 0 Å². The summed E-state index contributed by atoms with van der Waals surface area (Å²) < 4.78 is 0. The molecule has 0 radical (unpaired) electrons. The molecule has 0 aliphatic carbocycles. The Kier molecular flexibility index (Phi) is 2.78. The molecule has 0 amide bonds. The fourth-order valence-electron chi connectivity index (χ4n) is 1.64. The lowest BCUT2D eigenvalue weighted by atomic mass is 10.1. The number of alkyl halides is 1. The zero-order valence-electron chi connectivity index (χ0n) is 8.87. The molecule has 78 valence electrons. The van der Waals surface area contributed by atoms with E-state index in [1.54, 1.807) is 0 Å². The summed E-state index contributed by atoms with van der Waals surface area (Å²) in [5.41, 5.74) is 0.916. The number of rotatable bonds is 2. The Morgan fingerprint density at radius 3 is 2.67 bits per heavy atom. The molecule has 3 heteroatoms. The van der Waals surface area contributed by atoms with Gasteiger partial charge in [0.15, 0.2) is 0 Å². The second kappa shape index (κ2) is 4.07. The number of anilines is 1. The Morgan fingerprint density at radius 1 is 1.27 bits per heavy atom. The van der Waals surface area contributed by atoms with Crippen LogP contribution in [0.15, 0.2) is 30.3 Å². The van der Waals surface area contributed by atoms with Gasteiger partial charge in [-0.1, -0.05) is 24.3 Å². The number of fused-ring (bicyclic) bond motifs is 1. The number of benzene rings is 1. The van der Waals surface area contributed by atoms with Crippen molar-refractivity contribution in [1.29, 1.82) is 0 Å². The van der Waals surface area contributed by atoms with Gasteiger partial charge in [0.05, 0.1) is 11.6 Å². The zero-order valence-corrected chi connectivity index (χ0v) is 9.62. The van der Waals surface area contributed by atoms with Crippen LogP contribution >= 0.6 is 11.6 Å². The molecule has 15 heavy (non-hydrogen) atoms. The Morgan fingerprint density at radius 2 is 2.00 bits per heavy atom. The maximum Gasteiger partial charge on any atom is 0.136 e. The third kappa shape index (κ3) is 1.90. The maximum absolute atomic E-state index is 5.82. The van der Waals surface area contributed by atoms with E-state index >= 15 is 0 Å². The van der Waals surface area contributed by atoms with E-state index in [0.29, 0.717) is 5.88 Å². The standard InChI is InChI=1S/C12H13ClN2/c1-15(2)12-11-6-4-3-5-9(11)7-10(8-13)14-12/h3-7H,8H2,1-2H3. The van der Waals surface area contributed by atoms with Crippen LogP contribution in [-0.4, -0.2) is 19.1 Å². The molecule has 0 atom stereocenters. The van der Waals surface area contributed by atoms with E-state index in [1.165, 1.54) is 5.39 Å². The predicted octanol–water partition coefficient (Wildman–Crippen LogP) is 3.04. The molecule has 1 aromatic carbocycles. The van der Waals surface area contributed by atoms with Crippen LogP contribution in [0.25, 0.3) is 10.8 Å². The van der Waals surface area contributed by atoms with Gasteiger partial charge in [0.2, 0.25) is 0 Å². The summed E-state index contributed by atoms with van der Waals surface area (Å²) in [4.78, 5) is 6.53. The largest absolute Gasteiger partial charge is 0.362 e. The van der Waals surface area contributed by atoms with E-state index in [1.807, 2.05) is 37.2 Å². The first-order chi connectivity index (χ1) is 7.22. The van der Waals surface area contributed by atoms with Gasteiger partial charge in [-0.2, -0.15) is 0 Å². The van der Waals surface area contributed by atoms with Crippen molar-refractivity contribution >= 4 is 28.2 Å². The molecule has 0 aliphatic rings. The number of halogens is 1. The number of hydrogen-bond acceptors (Lipinski definition) is 2. The molecule has 2 aromatic rings. The molecule has 0 fully saturated rings. The average Bonchev–Trinajstić information content (AvgIpc) is 2.27. The molecule has 0 aliphatic heterocycles. The fraction of sp³-hybridized carbons (Fsp3) is 0.250. The predicted molar refractivity (Wildman–Crippen MR) is 65.6 cm³/mol. The van der Waals surface area contributed by atoms with Crippen molar-refractivity contribution in [2.75, 3.05) is 19.0 Å². The lowest BCUT2D eigenvalue weighted by Crippen LogP contribution is -2.11. The Labute approximate surface area is 94.5 Å². The van der Waals surface area contributed by atoms with Crippen LogP contribution in [0.4, 0.5) is 5.82 Å². The third-order valence-corrected chi connectivity index (χ3v) is 2.61. The normalized spacial score (nSPS) is 10.6. The smallest absolute Gasteiger partial charge is 0.136 e. The highest BCUT2D eigenvalue weighted by molar-refractivity contribution is 6.17. The lowest BCUT2D eigenvalue weighted by Gasteiger charge is -2.15. The van der Waals surface area contributed by atoms with Gasteiger partial charge in [-0.3, -0.25) is 0 Å². The summed E-state index contributed by atoms with van der Waals surface area (Å²) >= 11 is 5.82. The summed E-state index contributed by atoms with van der Waals surface area (Å²) in [6.45, 7) is 0. The minimum absolute atomic E-state index is 0.450. The van der Waals surface area contributed by atoms with Crippen molar-refractivity contribution in [3.8, 4) is 0 Å². The number of aromatic nitrogens is 1. The fourth-order valence-corrected chi connectivity index (χ4v) is 1.78. The quantitative estimate of drug-likeness (QED) is 0.724. The summed E-state index contributed by atoms with van der Waals surface area (Å²) in [6, 6.07) is 10.3. The second-order valence-electron chi connectivity index (χ2n) is 3.69. The second-order valence-corrected chi connectivity index (χ2v) is 3.95. The van der Waals surface area contributed by atoms with Crippen molar-refractivity contribution in [3.63, 3.8) is 0 Å². The number of hydrogen-bond donors (Lipinski definition) is 0. The van der Waals surface area contributed by atoms with Gasteiger partial charge in [-0.05, 0) is 11.5 Å². The maximum atomic E-state index is 5.82. The van der Waals surface area contributed by atoms with Gasteiger partial charge < -0.3 is 4.90 Å². The van der Waals surface area contributed by atoms with Crippen LogP contribution in [0.1, 0.15) is 5.69 Å². The Bertz CT molecular complexity index is 480. The minimum atomic E-state index is 0.450. The van der Waals surface area contributed by atoms with Crippen molar-refractivity contribution in [2.24, 2.45) is 0 Å². The van der Waals surface area contributed by atoms with Crippen molar-refractivity contribution in [1.82, 2.24) is 4.98 Å². The lowest BCUT2D eigenvalue weighted by molar-refractivity contribution is 1.05. The molecule has 0 saturated heterocycles. The van der Waals surface area contributed by atoms with E-state index in [0.717, 1.165) is 16.9 Å². The molecule has 0 bridgehead atoms. The van der Waals surface area contributed by atoms with Crippen LogP contribution in [0, 0.1) is 0 Å². The number of nitrogens with zero attached hydrogens (tertiary/aromatic N) is 2. The van der Waals surface area contributed by atoms with Gasteiger partial charge >= 0.3 is 0 Å². The minimum Gasteiger partial charge on any atom is -0.362 e. The van der Waals surface area contributed by atoms with E-state index in [2.05, 4.69) is 17.1 Å². The van der Waals surface area contributed by atoms with Crippen LogP contribution in [-0.2, 0) is 5.88 Å². The monoisotopic (exact) mass is 220 g/mol. The highest BCUT2D eigenvalue weighted by Crippen LogP contribution is 2.24. The van der Waals surface area contributed by atoms with E-state index < -0.39 is 0 Å². The molecule has 0 spiro atoms. The first kappa shape index (κ1) is 10.2. The molecular formula is C12H13ClN2. The van der Waals surface area contributed by atoms with Gasteiger partial charge in [-0.25, -0.2) is 4.98 Å². The van der Waals surface area contributed by atoms with E-state index in [9.17, 15) is 0 Å². The van der Waals surface area contributed by atoms with Crippen LogP contribution < -0.4 is 4.90 Å². The highest BCUT2D eigenvalue weighted by Gasteiger charge is 2.06. The molecular weight excluding hydrogens is 208 g/mol. The summed E-state index contributed by atoms with van der Waals surface area (Å²) in [5, 5.41) is 2.35. The zero-order chi connectivity index (χ0) is 10.8. The summed E-state index contributed by atoms with van der Waals surface area (Å²) in [7, 11) is 3.99. The summed E-state index contributed by atoms with van der Waals surface area (Å²) in [6.07, 6.45) is 0. The first-order valence-electron chi connectivity index (χ1n) is 4.84. The molecule has 0 N–H and O–H groups in total. The highest BCUT2D eigenvalue weighted by atomic mass is 35.5. The van der Waals surface area contributed by atoms with Gasteiger partial charge in [0.1, 0.15) is 5.82 Å². The van der Waals surface area contributed by atoms with E-state index in [-0.39, 0.29) is 0 Å². The van der Waals surface area contributed by atoms with E-state index in [4.69, 9.17) is 11.6 Å². The van der Waals surface area contributed by atoms with Crippen molar-refractivity contribution in [3.05, 3.63) is 36.0 Å². The Hall–Kier alpha value is -1.28. The Balaban J connectivity index is 2.74. The van der Waals surface area contributed by atoms with Gasteiger partial charge in [0.25, 0.3) is 0 Å². The average molecular weight is 221 g/mol. The molecule has 0 unspecified atom stereocenters. The molecule has 0 saturated carbocycles. The van der Waals surface area contributed by atoms with Gasteiger partial charge in [0, 0.05) is 19.5 Å². The molecule has 1 heterocycles. The SMILES string of the molecule is CN(C)c1nc(CCl)cc2ccccc12. The molecule has 2 nitrogen and oxygen atoms in total. The topological polar surface area (TPSA) is 16.1 Å². The van der Waals surface area contributed by atoms with Crippen molar-refractivity contribution < 1.29 is 0 Å². The number of pyridine rings is 1. The van der Waals surface area contributed by atoms with Crippen LogP contribution in [0.3, 0.4) is 0 Å².